The number of fused-ring (bicyclic) bond motifs is 5. The molecule has 0 radical (unpaired) electrons. The molecule has 23 nitrogen and oxygen atoms in total. The summed E-state index contributed by atoms with van der Waals surface area (Å²) in [6, 6.07) is 24.3. The van der Waals surface area contributed by atoms with Crippen LogP contribution in [0.5, 0.6) is 0 Å². The summed E-state index contributed by atoms with van der Waals surface area (Å²) in [6.07, 6.45) is -6.09. The number of rotatable bonds is 29. The summed E-state index contributed by atoms with van der Waals surface area (Å²) >= 11 is 6.01. The topological polar surface area (TPSA) is 365 Å². The molecule has 25 heteroatoms. The maximum absolute atomic E-state index is 15.5. The molecule has 2 saturated carbocycles. The van der Waals surface area contributed by atoms with Crippen molar-refractivity contribution in [2.24, 2.45) is 45.5 Å². The van der Waals surface area contributed by atoms with Crippen molar-refractivity contribution >= 4 is 82.6 Å². The first-order valence-corrected chi connectivity index (χ1v) is 33.1. The van der Waals surface area contributed by atoms with Gasteiger partial charge in [0.2, 0.25) is 35.6 Å². The van der Waals surface area contributed by atoms with E-state index in [2.05, 4.69) is 21.3 Å². The predicted molar refractivity (Wildman–Crippen MR) is 356 cm³/mol. The Bertz CT molecular complexity index is 3740. The number of aliphatic hydroxyl groups is 2. The van der Waals surface area contributed by atoms with Gasteiger partial charge in [0.15, 0.2) is 5.78 Å². The standard InChI is InChI=1S/C73H86ClFN6O17/c1-40-52(38-73(94)64(98-68(92)46-23-15-10-16-24-46)62-71(6)39-95-54(71)37-53(83)72(62,7)63(88)41(2)59(40)70(73,4)5)96-69(93)61(60(44-19-11-8-12-20-44)81-67(91)45-21-13-9-14-22-45)97-58(87)33-32-55(84)78-34-18-17-25-50(66(77)90)80-57(86)31-28-47(65(76)89)35-51(82)42(3)79-56(85)30-27-43-26-29-48(75)36-49(43)74/h8-16,19-24,26-27,29-30,36,41-42,47,50,52-54,60-62,64,83,94H,17-18,25,28,31-35,37-39H2,1-7H3,(H2,76,89)(H2,77,90)(H,78,84)(H,79,85)(H,80,86)(H,81,91)/b30-27+/t41-,42?,47-,50?,52+,53+,54-,60+,61-,62-,64+,71-,72-,73-/m1/s1. The van der Waals surface area contributed by atoms with Crippen molar-refractivity contribution in [1.29, 1.82) is 0 Å². The number of nitrogens with one attached hydrogen (secondary N) is 4. The van der Waals surface area contributed by atoms with Crippen molar-refractivity contribution in [3.63, 3.8) is 0 Å². The highest BCUT2D eigenvalue weighted by Crippen LogP contribution is 2.66. The number of hydrogen-bond donors (Lipinski definition) is 8. The first kappa shape index (κ1) is 74.8. The van der Waals surface area contributed by atoms with Crippen LogP contribution in [-0.4, -0.2) is 136 Å². The molecule has 4 aromatic rings. The predicted octanol–water partition coefficient (Wildman–Crippen LogP) is 6.58. The first-order chi connectivity index (χ1) is 46.3. The van der Waals surface area contributed by atoms with Gasteiger partial charge in [-0.15, -0.1) is 0 Å². The monoisotopic (exact) mass is 1370 g/mol. The molecule has 10 N–H and O–H groups in total. The lowest BCUT2D eigenvalue weighted by atomic mass is 9.41. The molecular weight excluding hydrogens is 1290 g/mol. The molecule has 1 saturated heterocycles. The van der Waals surface area contributed by atoms with E-state index in [1.807, 2.05) is 6.92 Å². The molecule has 0 spiro atoms. The van der Waals surface area contributed by atoms with Gasteiger partial charge in [-0.1, -0.05) is 112 Å². The fourth-order valence-corrected chi connectivity index (χ4v) is 14.8. The summed E-state index contributed by atoms with van der Waals surface area (Å²) in [5, 5.41) is 36.7. The molecule has 98 heavy (non-hydrogen) atoms. The van der Waals surface area contributed by atoms with E-state index < -0.39 is 179 Å². The number of esters is 3. The number of benzene rings is 4. The zero-order valence-corrected chi connectivity index (χ0v) is 56.6. The number of aliphatic hydroxyl groups excluding tert-OH is 1. The Balaban J connectivity index is 0.929. The Hall–Kier alpha value is -8.97. The Labute approximate surface area is 572 Å². The van der Waals surface area contributed by atoms with Crippen LogP contribution in [0.25, 0.3) is 6.08 Å². The number of ether oxygens (including phenoxy) is 4. The third kappa shape index (κ3) is 16.6. The highest BCUT2D eigenvalue weighted by Gasteiger charge is 2.75. The van der Waals surface area contributed by atoms with Gasteiger partial charge < -0.3 is 61.9 Å². The molecule has 2 bridgehead atoms. The summed E-state index contributed by atoms with van der Waals surface area (Å²) in [6.45, 7) is 11.9. The highest BCUT2D eigenvalue weighted by molar-refractivity contribution is 6.32. The Morgan fingerprint density at radius 1 is 0.796 bits per heavy atom. The van der Waals surface area contributed by atoms with Crippen LogP contribution in [-0.2, 0) is 62.1 Å². The minimum atomic E-state index is -2.17. The van der Waals surface area contributed by atoms with E-state index in [0.717, 1.165) is 18.2 Å². The van der Waals surface area contributed by atoms with Crippen LogP contribution in [0.4, 0.5) is 4.39 Å². The van der Waals surface area contributed by atoms with E-state index in [-0.39, 0.29) is 73.6 Å². The summed E-state index contributed by atoms with van der Waals surface area (Å²) in [5.74, 6) is -12.1. The molecular formula is C73H86ClFN6O17. The lowest BCUT2D eigenvalue weighted by Gasteiger charge is -2.68. The third-order valence-corrected chi connectivity index (χ3v) is 20.5. The fraction of sp³-hybridized carbons (Fsp3) is 0.466. The van der Waals surface area contributed by atoms with Crippen molar-refractivity contribution in [3.05, 3.63) is 160 Å². The summed E-state index contributed by atoms with van der Waals surface area (Å²) in [7, 11) is 0. The van der Waals surface area contributed by atoms with Crippen molar-refractivity contribution in [2.45, 2.75) is 167 Å². The fourth-order valence-electron chi connectivity index (χ4n) is 14.5. The van der Waals surface area contributed by atoms with Gasteiger partial charge in [-0.3, -0.25) is 43.2 Å². The van der Waals surface area contributed by atoms with E-state index in [1.54, 1.807) is 126 Å². The minimum Gasteiger partial charge on any atom is -0.455 e. The Morgan fingerprint density at radius 3 is 2.05 bits per heavy atom. The molecule has 6 amide bonds. The second-order valence-corrected chi connectivity index (χ2v) is 27.3. The van der Waals surface area contributed by atoms with E-state index in [0.29, 0.717) is 22.3 Å². The Kier molecular flexibility index (Phi) is 24.2. The van der Waals surface area contributed by atoms with Gasteiger partial charge in [-0.25, -0.2) is 14.0 Å². The second-order valence-electron chi connectivity index (χ2n) is 26.9. The molecule has 1 heterocycles. The molecule has 524 valence electrons. The van der Waals surface area contributed by atoms with Gasteiger partial charge >= 0.3 is 17.9 Å². The van der Waals surface area contributed by atoms with Gasteiger partial charge in [-0.2, -0.15) is 0 Å². The van der Waals surface area contributed by atoms with Gasteiger partial charge in [0.25, 0.3) is 5.91 Å². The molecule has 0 aromatic heterocycles. The minimum absolute atomic E-state index is 0.0360. The van der Waals surface area contributed by atoms with Crippen molar-refractivity contribution in [2.75, 3.05) is 13.2 Å². The molecule has 8 rings (SSSR count). The lowest BCUT2D eigenvalue weighted by molar-refractivity contribution is -0.312. The number of Topliss-reactive ketones (excluding diaryl/α,β-unsaturated/α-hetero) is 2. The number of carbonyl (C=O) groups excluding carboxylic acids is 11. The number of hydrogen-bond acceptors (Lipinski definition) is 17. The largest absolute Gasteiger partial charge is 0.455 e. The number of nitrogens with two attached hydrogens (primary N) is 2. The zero-order chi connectivity index (χ0) is 71.6. The number of unbranched alkanes of at least 4 members (excludes halogenated alkanes) is 1. The molecule has 14 atom stereocenters. The van der Waals surface area contributed by atoms with Crippen LogP contribution in [0.2, 0.25) is 5.02 Å². The first-order valence-electron chi connectivity index (χ1n) is 32.8. The van der Waals surface area contributed by atoms with E-state index >= 15 is 9.59 Å². The number of amides is 6. The van der Waals surface area contributed by atoms with E-state index in [4.69, 9.17) is 42.0 Å². The summed E-state index contributed by atoms with van der Waals surface area (Å²) < 4.78 is 38.5. The molecule has 4 aliphatic rings. The number of carbonyl (C=O) groups is 11. The maximum Gasteiger partial charge on any atom is 0.350 e. The van der Waals surface area contributed by atoms with Gasteiger partial charge in [0.05, 0.1) is 47.3 Å². The van der Waals surface area contributed by atoms with Crippen LogP contribution in [0.15, 0.2) is 126 Å². The summed E-state index contributed by atoms with van der Waals surface area (Å²) in [5.41, 5.74) is 6.84. The molecule has 1 aliphatic heterocycles. The number of primary amides is 2. The van der Waals surface area contributed by atoms with E-state index in [1.165, 1.54) is 19.1 Å². The second kappa shape index (κ2) is 31.7. The number of halogens is 2. The van der Waals surface area contributed by atoms with Crippen LogP contribution < -0.4 is 32.7 Å². The lowest BCUT2D eigenvalue weighted by Crippen LogP contribution is -2.77. The van der Waals surface area contributed by atoms with Crippen molar-refractivity contribution < 1.29 is 86.3 Å². The zero-order valence-electron chi connectivity index (χ0n) is 55.8. The van der Waals surface area contributed by atoms with Crippen LogP contribution in [0.3, 0.4) is 0 Å². The average Bonchev–Trinajstić information content (AvgIpc) is 0.674. The third-order valence-electron chi connectivity index (χ3n) is 20.1. The van der Waals surface area contributed by atoms with Gasteiger partial charge in [-0.05, 0) is 111 Å². The van der Waals surface area contributed by atoms with Crippen molar-refractivity contribution in [1.82, 2.24) is 21.3 Å². The quantitative estimate of drug-likeness (QED) is 0.00935. The summed E-state index contributed by atoms with van der Waals surface area (Å²) in [4.78, 5) is 150. The van der Waals surface area contributed by atoms with Gasteiger partial charge in [0.1, 0.15) is 41.5 Å². The SMILES string of the molecule is CC1=C2[C@@H](C)C(=O)[C@@]3(C)[C@H]([C@H](OC(=O)c4ccccc4)[C@](O)(C[C@@H]1OC(=O)[C@H](OC(=O)CCC(=O)NCCCCC(NC(=O)CC[C@H](CC(=O)C(C)NC(=O)/C=C/c1ccc(F)cc1Cl)C(N)=O)C(N)=O)[C@@H](NC(=O)c1ccccc1)c1ccccc1)C2(C)C)[C@]1(C)CO[C@@H]1C[C@@H]3O. The van der Waals surface area contributed by atoms with Crippen molar-refractivity contribution in [3.8, 4) is 0 Å². The molecule has 4 aromatic carbocycles. The van der Waals surface area contributed by atoms with E-state index in [9.17, 15) is 57.8 Å². The molecule has 2 unspecified atom stereocenters. The molecule has 3 fully saturated rings. The number of ketones is 2. The van der Waals surface area contributed by atoms with Crippen LogP contribution >= 0.6 is 11.6 Å². The molecule has 3 aliphatic carbocycles. The average molecular weight is 1370 g/mol. The smallest absolute Gasteiger partial charge is 0.350 e. The van der Waals surface area contributed by atoms with Gasteiger partial charge in [0, 0.05) is 78.9 Å². The highest BCUT2D eigenvalue weighted by atomic mass is 35.5. The maximum atomic E-state index is 15.5. The van der Waals surface area contributed by atoms with Crippen LogP contribution in [0.1, 0.15) is 151 Å². The Morgan fingerprint density at radius 2 is 1.44 bits per heavy atom. The normalized spacial score (nSPS) is 25.3. The van der Waals surface area contributed by atoms with Crippen LogP contribution in [0, 0.1) is 39.8 Å².